The van der Waals surface area contributed by atoms with Gasteiger partial charge in [-0.3, -0.25) is 9.79 Å². The Hall–Kier alpha value is -2.88. The number of Topliss-reactive ketones (excluding diaryl/α,β-unsaturated/α-hetero) is 1. The van der Waals surface area contributed by atoms with Crippen LogP contribution in [0.5, 0.6) is 0 Å². The van der Waals surface area contributed by atoms with Crippen LogP contribution in [0.2, 0.25) is 0 Å². The largest absolute Gasteiger partial charge is 0.369 e. The van der Waals surface area contributed by atoms with Crippen LogP contribution >= 0.6 is 11.6 Å². The third kappa shape index (κ3) is 7.81. The molecule has 0 fully saturated rings. The summed E-state index contributed by atoms with van der Waals surface area (Å²) >= 11 is 5.73. The van der Waals surface area contributed by atoms with E-state index in [1.807, 2.05) is 0 Å². The van der Waals surface area contributed by atoms with Gasteiger partial charge in [0.05, 0.1) is 11.3 Å². The number of carbonyl (C=O) groups is 1. The summed E-state index contributed by atoms with van der Waals surface area (Å²) < 4.78 is 54.6. The van der Waals surface area contributed by atoms with Crippen LogP contribution in [0.3, 0.4) is 0 Å². The quantitative estimate of drug-likeness (QED) is 0.211. The van der Waals surface area contributed by atoms with E-state index in [0.29, 0.717) is 17.9 Å². The Kier molecular flexibility index (Phi) is 10.8. The van der Waals surface area contributed by atoms with Gasteiger partial charge in [-0.15, -0.1) is 11.6 Å². The van der Waals surface area contributed by atoms with Gasteiger partial charge in [0, 0.05) is 36.3 Å². The summed E-state index contributed by atoms with van der Waals surface area (Å²) in [5.74, 6) is -3.64. The summed E-state index contributed by atoms with van der Waals surface area (Å²) in [5.41, 5.74) is 0.732. The van der Waals surface area contributed by atoms with Crippen molar-refractivity contribution in [1.82, 2.24) is 10.0 Å². The number of dihydropyridines is 1. The number of sulfonamides is 1. The van der Waals surface area contributed by atoms with Gasteiger partial charge < -0.3 is 5.32 Å². The van der Waals surface area contributed by atoms with Crippen LogP contribution in [0.1, 0.15) is 13.3 Å². The SMILES string of the molecule is C=C/C=C(\C=C/CCl)C1=CC2C(C(=O)/C(C(=C)F)=C(F)/C=C\CNS(=O)(=O)CCC)=CN[C@H]2N=C1. The van der Waals surface area contributed by atoms with Crippen LogP contribution in [0.4, 0.5) is 8.78 Å². The minimum atomic E-state index is -3.49. The first kappa shape index (κ1) is 28.4. The Morgan fingerprint density at radius 1 is 1.31 bits per heavy atom. The highest BCUT2D eigenvalue weighted by atomic mass is 35.5. The molecule has 0 radical (unpaired) electrons. The predicted molar refractivity (Wildman–Crippen MR) is 138 cm³/mol. The number of nitrogens with zero attached hydrogens (tertiary/aromatic N) is 1. The number of carbonyl (C=O) groups excluding carboxylic acids is 1. The Balaban J connectivity index is 2.29. The predicted octanol–water partition coefficient (Wildman–Crippen LogP) is 4.50. The number of allylic oxidation sites excluding steroid dienone is 10. The van der Waals surface area contributed by atoms with E-state index in [-0.39, 0.29) is 17.9 Å². The van der Waals surface area contributed by atoms with Crippen molar-refractivity contribution in [2.45, 2.75) is 19.5 Å². The molecule has 2 atom stereocenters. The average Bonchev–Trinajstić information content (AvgIpc) is 3.22. The van der Waals surface area contributed by atoms with Crippen molar-refractivity contribution in [3.63, 3.8) is 0 Å². The molecule has 0 aliphatic carbocycles. The third-order valence-corrected chi connectivity index (χ3v) is 6.75. The number of halogens is 3. The van der Waals surface area contributed by atoms with Crippen molar-refractivity contribution in [2.75, 3.05) is 18.2 Å². The molecular weight excluding hydrogens is 496 g/mol. The molecule has 35 heavy (non-hydrogen) atoms. The van der Waals surface area contributed by atoms with Gasteiger partial charge in [-0.1, -0.05) is 56.5 Å². The molecule has 0 aromatic heterocycles. The van der Waals surface area contributed by atoms with Gasteiger partial charge in [0.25, 0.3) is 0 Å². The molecule has 2 aliphatic rings. The van der Waals surface area contributed by atoms with Crippen molar-refractivity contribution < 1.29 is 22.0 Å². The van der Waals surface area contributed by atoms with Crippen molar-refractivity contribution in [3.8, 4) is 0 Å². The molecule has 0 saturated carbocycles. The number of hydrogen-bond donors (Lipinski definition) is 2. The summed E-state index contributed by atoms with van der Waals surface area (Å²) in [5, 5.41) is 2.94. The van der Waals surface area contributed by atoms with Crippen LogP contribution in [-0.4, -0.2) is 44.8 Å². The molecule has 2 heterocycles. The fourth-order valence-electron chi connectivity index (χ4n) is 3.46. The lowest BCUT2D eigenvalue weighted by Crippen LogP contribution is -2.29. The highest BCUT2D eigenvalue weighted by molar-refractivity contribution is 7.89. The number of fused-ring (bicyclic) bond motifs is 1. The second kappa shape index (κ2) is 13.3. The van der Waals surface area contributed by atoms with Crippen LogP contribution in [0.25, 0.3) is 0 Å². The summed E-state index contributed by atoms with van der Waals surface area (Å²) in [4.78, 5) is 17.5. The molecule has 0 aromatic rings. The van der Waals surface area contributed by atoms with E-state index in [4.69, 9.17) is 11.6 Å². The lowest BCUT2D eigenvalue weighted by molar-refractivity contribution is -0.112. The fourth-order valence-corrected chi connectivity index (χ4v) is 4.58. The van der Waals surface area contributed by atoms with E-state index >= 15 is 0 Å². The minimum absolute atomic E-state index is 0.0722. The lowest BCUT2D eigenvalue weighted by Gasteiger charge is -2.21. The fraction of sp³-hybridized carbons (Fsp3) is 0.280. The molecule has 188 valence electrons. The Morgan fingerprint density at radius 3 is 2.69 bits per heavy atom. The van der Waals surface area contributed by atoms with Gasteiger partial charge in [-0.05, 0) is 23.6 Å². The highest BCUT2D eigenvalue weighted by Crippen LogP contribution is 2.33. The van der Waals surface area contributed by atoms with Crippen LogP contribution < -0.4 is 10.0 Å². The molecule has 6 nitrogen and oxygen atoms in total. The zero-order valence-corrected chi connectivity index (χ0v) is 20.9. The third-order valence-electron chi connectivity index (χ3n) is 5.02. The topological polar surface area (TPSA) is 87.6 Å². The zero-order chi connectivity index (χ0) is 26.0. The summed E-state index contributed by atoms with van der Waals surface area (Å²) in [6, 6.07) is 0. The Bertz CT molecular complexity index is 1180. The number of ketones is 1. The van der Waals surface area contributed by atoms with E-state index in [1.165, 1.54) is 6.20 Å². The average molecular weight is 524 g/mol. The second-order valence-electron chi connectivity index (χ2n) is 7.58. The summed E-state index contributed by atoms with van der Waals surface area (Å²) in [6.07, 6.45) is 13.6. The minimum Gasteiger partial charge on any atom is -0.369 e. The van der Waals surface area contributed by atoms with Crippen molar-refractivity contribution >= 4 is 33.6 Å². The molecule has 10 heteroatoms. The van der Waals surface area contributed by atoms with E-state index in [2.05, 4.69) is 28.2 Å². The first-order valence-electron chi connectivity index (χ1n) is 10.8. The molecule has 0 saturated heterocycles. The zero-order valence-electron chi connectivity index (χ0n) is 19.3. The Morgan fingerprint density at radius 2 is 2.06 bits per heavy atom. The second-order valence-corrected chi connectivity index (χ2v) is 9.81. The summed E-state index contributed by atoms with van der Waals surface area (Å²) in [7, 11) is -3.49. The van der Waals surface area contributed by atoms with Gasteiger partial charge in [0.15, 0.2) is 5.78 Å². The monoisotopic (exact) mass is 523 g/mol. The standard InChI is InChI=1S/C25H28ClF2N3O3S/c1-4-8-18(9-6-11-26)19-14-20-21(16-30-25(20)29-15-19)24(32)23(17(3)27)22(28)10-7-12-31-35(33,34)13-5-2/h4,6-10,14-16,20,25,30-31H,1,3,5,11-13H2,2H3/b9-6-,10-7-,18-8+,23-22-/t20?,25-/m1/s1. The van der Waals surface area contributed by atoms with Crippen molar-refractivity contribution in [2.24, 2.45) is 10.9 Å². The first-order valence-corrected chi connectivity index (χ1v) is 13.0. The molecule has 0 amide bonds. The molecule has 2 N–H and O–H groups in total. The number of rotatable bonds is 13. The van der Waals surface area contributed by atoms with E-state index in [9.17, 15) is 22.0 Å². The molecule has 0 aromatic carbocycles. The number of aliphatic imine (C=N–C) groups is 1. The maximum absolute atomic E-state index is 14.8. The van der Waals surface area contributed by atoms with Gasteiger partial charge in [0.2, 0.25) is 10.0 Å². The van der Waals surface area contributed by atoms with E-state index in [0.717, 1.165) is 17.7 Å². The molecular formula is C25H28ClF2N3O3S. The van der Waals surface area contributed by atoms with Crippen molar-refractivity contribution in [1.29, 1.82) is 0 Å². The van der Waals surface area contributed by atoms with Gasteiger partial charge in [0.1, 0.15) is 17.8 Å². The molecule has 1 unspecified atom stereocenters. The normalized spacial score (nSPS) is 20.9. The number of hydrogen-bond acceptors (Lipinski definition) is 5. The Labute approximate surface area is 210 Å². The highest BCUT2D eigenvalue weighted by Gasteiger charge is 2.36. The number of nitrogens with one attached hydrogen (secondary N) is 2. The summed E-state index contributed by atoms with van der Waals surface area (Å²) in [6.45, 7) is 8.30. The van der Waals surface area contributed by atoms with Gasteiger partial charge in [-0.2, -0.15) is 0 Å². The first-order chi connectivity index (χ1) is 16.6. The molecule has 0 spiro atoms. The van der Waals surface area contributed by atoms with Crippen LogP contribution in [-0.2, 0) is 14.8 Å². The molecule has 2 aliphatic heterocycles. The van der Waals surface area contributed by atoms with E-state index in [1.54, 1.807) is 43.5 Å². The molecule has 0 bridgehead atoms. The molecule has 2 rings (SSSR count). The maximum atomic E-state index is 14.8. The van der Waals surface area contributed by atoms with Crippen molar-refractivity contribution in [3.05, 3.63) is 95.8 Å². The van der Waals surface area contributed by atoms with Gasteiger partial charge >= 0.3 is 0 Å². The maximum Gasteiger partial charge on any atom is 0.211 e. The van der Waals surface area contributed by atoms with Crippen LogP contribution in [0, 0.1) is 5.92 Å². The van der Waals surface area contributed by atoms with Gasteiger partial charge in [-0.25, -0.2) is 21.9 Å². The smallest absolute Gasteiger partial charge is 0.211 e. The van der Waals surface area contributed by atoms with Crippen LogP contribution in [0.15, 0.2) is 101 Å². The number of alkyl halides is 1. The lowest BCUT2D eigenvalue weighted by atomic mass is 9.87. The van der Waals surface area contributed by atoms with E-state index < -0.39 is 45.1 Å².